The van der Waals surface area contributed by atoms with Crippen LogP contribution in [0.4, 0.5) is 5.82 Å². The number of aromatic amines is 1. The van der Waals surface area contributed by atoms with Gasteiger partial charge in [0.15, 0.2) is 0 Å². The van der Waals surface area contributed by atoms with Crippen molar-refractivity contribution in [3.05, 3.63) is 64.9 Å². The number of ether oxygens (including phenoxy) is 2. The Kier molecular flexibility index (Phi) is 5.14. The largest absolute Gasteiger partial charge is 0.497 e. The SMILES string of the molecule is COc1ccc(-c2cc3c([nH]2)CCN(c2nc(-c4cccnc4)sc2C)C3=O)c(OC)c1. The predicted octanol–water partition coefficient (Wildman–Crippen LogP) is 4.73. The number of nitrogens with zero attached hydrogens (tertiary/aromatic N) is 3. The summed E-state index contributed by atoms with van der Waals surface area (Å²) >= 11 is 1.57. The van der Waals surface area contributed by atoms with Crippen molar-refractivity contribution in [2.75, 3.05) is 25.7 Å². The highest BCUT2D eigenvalue weighted by Crippen LogP contribution is 2.37. The lowest BCUT2D eigenvalue weighted by atomic mass is 10.1. The third-order valence-corrected chi connectivity index (χ3v) is 6.60. The van der Waals surface area contributed by atoms with Crippen LogP contribution in [0.2, 0.25) is 0 Å². The maximum Gasteiger partial charge on any atom is 0.261 e. The molecule has 1 aliphatic rings. The lowest BCUT2D eigenvalue weighted by Crippen LogP contribution is -2.37. The molecule has 1 N–H and O–H groups in total. The third kappa shape index (κ3) is 3.42. The highest BCUT2D eigenvalue weighted by molar-refractivity contribution is 7.15. The summed E-state index contributed by atoms with van der Waals surface area (Å²) in [7, 11) is 3.24. The number of benzene rings is 1. The fourth-order valence-corrected chi connectivity index (χ4v) is 4.88. The van der Waals surface area contributed by atoms with E-state index in [0.29, 0.717) is 29.4 Å². The van der Waals surface area contributed by atoms with E-state index in [1.807, 2.05) is 43.3 Å². The Morgan fingerprint density at radius 2 is 2.00 bits per heavy atom. The van der Waals surface area contributed by atoms with E-state index < -0.39 is 0 Å². The van der Waals surface area contributed by atoms with Crippen LogP contribution in [0.5, 0.6) is 11.5 Å². The molecule has 162 valence electrons. The number of aryl methyl sites for hydroxylation is 1. The van der Waals surface area contributed by atoms with Crippen molar-refractivity contribution in [1.29, 1.82) is 0 Å². The van der Waals surface area contributed by atoms with Gasteiger partial charge in [0.05, 0.1) is 25.5 Å². The molecule has 0 bridgehead atoms. The Hall–Kier alpha value is -3.65. The number of methoxy groups -OCH3 is 2. The summed E-state index contributed by atoms with van der Waals surface area (Å²) in [6.07, 6.45) is 4.25. The highest BCUT2D eigenvalue weighted by atomic mass is 32.1. The van der Waals surface area contributed by atoms with Crippen molar-refractivity contribution in [2.45, 2.75) is 13.3 Å². The van der Waals surface area contributed by atoms with Gasteiger partial charge in [-0.1, -0.05) is 0 Å². The van der Waals surface area contributed by atoms with E-state index in [0.717, 1.165) is 38.8 Å². The Morgan fingerprint density at radius 1 is 1.12 bits per heavy atom. The number of hydrogen-bond donors (Lipinski definition) is 1. The topological polar surface area (TPSA) is 80.3 Å². The van der Waals surface area contributed by atoms with E-state index in [2.05, 4.69) is 9.97 Å². The van der Waals surface area contributed by atoms with E-state index in [4.69, 9.17) is 14.5 Å². The number of carbonyl (C=O) groups excluding carboxylic acids is 1. The molecular formula is C24H22N4O3S. The number of aromatic nitrogens is 3. The maximum atomic E-state index is 13.4. The number of amides is 1. The van der Waals surface area contributed by atoms with Gasteiger partial charge in [0.2, 0.25) is 0 Å². The molecule has 1 aromatic carbocycles. The summed E-state index contributed by atoms with van der Waals surface area (Å²) in [6.45, 7) is 2.57. The standard InChI is InChI=1S/C24H22N4O3S/c1-14-22(27-23(32-14)15-5-4-9-25-13-15)28-10-8-19-18(24(28)29)12-20(26-19)17-7-6-16(30-2)11-21(17)31-3/h4-7,9,11-13,26H,8,10H2,1-3H3. The van der Waals surface area contributed by atoms with Gasteiger partial charge in [-0.3, -0.25) is 14.7 Å². The molecule has 0 saturated carbocycles. The number of pyridine rings is 1. The average Bonchev–Trinajstić information content (AvgIpc) is 3.44. The van der Waals surface area contributed by atoms with Crippen molar-refractivity contribution in [3.8, 4) is 33.3 Å². The first-order valence-electron chi connectivity index (χ1n) is 10.2. The smallest absolute Gasteiger partial charge is 0.261 e. The first-order chi connectivity index (χ1) is 15.6. The molecule has 7 nitrogen and oxygen atoms in total. The first-order valence-corrected chi connectivity index (χ1v) is 11.0. The molecule has 0 unspecified atom stereocenters. The zero-order valence-corrected chi connectivity index (χ0v) is 18.8. The summed E-state index contributed by atoms with van der Waals surface area (Å²) in [4.78, 5) is 28.6. The van der Waals surface area contributed by atoms with Crippen LogP contribution in [0, 0.1) is 6.92 Å². The number of rotatable bonds is 5. The zero-order valence-electron chi connectivity index (χ0n) is 18.0. The lowest BCUT2D eigenvalue weighted by Gasteiger charge is -2.25. The van der Waals surface area contributed by atoms with E-state index in [9.17, 15) is 4.79 Å². The number of hydrogen-bond acceptors (Lipinski definition) is 6. The number of carbonyl (C=O) groups is 1. The van der Waals surface area contributed by atoms with Crippen LogP contribution in [-0.4, -0.2) is 41.6 Å². The quantitative estimate of drug-likeness (QED) is 0.479. The van der Waals surface area contributed by atoms with Crippen molar-refractivity contribution < 1.29 is 14.3 Å². The third-order valence-electron chi connectivity index (χ3n) is 5.60. The second-order valence-corrected chi connectivity index (χ2v) is 8.69. The molecule has 5 rings (SSSR count). The fourth-order valence-electron chi connectivity index (χ4n) is 3.98. The Balaban J connectivity index is 1.48. The molecule has 4 aromatic rings. The van der Waals surface area contributed by atoms with Crippen LogP contribution in [0.15, 0.2) is 48.8 Å². The molecule has 4 heterocycles. The van der Waals surface area contributed by atoms with Gasteiger partial charge in [0, 0.05) is 53.1 Å². The molecule has 0 spiro atoms. The van der Waals surface area contributed by atoms with Gasteiger partial charge in [0.1, 0.15) is 22.3 Å². The van der Waals surface area contributed by atoms with E-state index in [1.165, 1.54) is 0 Å². The van der Waals surface area contributed by atoms with Gasteiger partial charge in [0.25, 0.3) is 5.91 Å². The lowest BCUT2D eigenvalue weighted by molar-refractivity contribution is 0.0980. The average molecular weight is 447 g/mol. The first kappa shape index (κ1) is 20.3. The maximum absolute atomic E-state index is 13.4. The Morgan fingerprint density at radius 3 is 2.75 bits per heavy atom. The summed E-state index contributed by atoms with van der Waals surface area (Å²) in [5.74, 6) is 2.07. The van der Waals surface area contributed by atoms with Crippen molar-refractivity contribution in [3.63, 3.8) is 0 Å². The van der Waals surface area contributed by atoms with Crippen molar-refractivity contribution >= 4 is 23.1 Å². The van der Waals surface area contributed by atoms with Crippen LogP contribution in [-0.2, 0) is 6.42 Å². The molecule has 0 aliphatic carbocycles. The molecule has 0 fully saturated rings. The summed E-state index contributed by atoms with van der Waals surface area (Å²) < 4.78 is 10.8. The molecule has 0 atom stereocenters. The van der Waals surface area contributed by atoms with E-state index in [1.54, 1.807) is 42.8 Å². The molecule has 1 aliphatic heterocycles. The van der Waals surface area contributed by atoms with E-state index in [-0.39, 0.29) is 5.91 Å². The van der Waals surface area contributed by atoms with Gasteiger partial charge in [-0.2, -0.15) is 0 Å². The summed E-state index contributed by atoms with van der Waals surface area (Å²) in [5.41, 5.74) is 4.27. The molecule has 32 heavy (non-hydrogen) atoms. The number of thiazole rings is 1. The number of nitrogens with one attached hydrogen (secondary N) is 1. The van der Waals surface area contributed by atoms with Crippen LogP contribution < -0.4 is 14.4 Å². The Labute approximate surface area is 189 Å². The van der Waals surface area contributed by atoms with Crippen LogP contribution >= 0.6 is 11.3 Å². The second kappa shape index (κ2) is 8.12. The number of fused-ring (bicyclic) bond motifs is 1. The predicted molar refractivity (Wildman–Crippen MR) is 125 cm³/mol. The fraction of sp³-hybridized carbons (Fsp3) is 0.208. The minimum Gasteiger partial charge on any atom is -0.497 e. The summed E-state index contributed by atoms with van der Waals surface area (Å²) in [5, 5.41) is 0.863. The van der Waals surface area contributed by atoms with Crippen LogP contribution in [0.1, 0.15) is 20.9 Å². The minimum atomic E-state index is -0.0487. The Bertz CT molecular complexity index is 1300. The molecular weight excluding hydrogens is 424 g/mol. The highest BCUT2D eigenvalue weighted by Gasteiger charge is 2.31. The molecule has 1 amide bonds. The van der Waals surface area contributed by atoms with Gasteiger partial charge >= 0.3 is 0 Å². The summed E-state index contributed by atoms with van der Waals surface area (Å²) in [6, 6.07) is 11.4. The molecule has 0 saturated heterocycles. The van der Waals surface area contributed by atoms with Crippen LogP contribution in [0.25, 0.3) is 21.8 Å². The zero-order chi connectivity index (χ0) is 22.2. The van der Waals surface area contributed by atoms with Gasteiger partial charge < -0.3 is 14.5 Å². The van der Waals surface area contributed by atoms with Gasteiger partial charge in [-0.15, -0.1) is 11.3 Å². The van der Waals surface area contributed by atoms with Gasteiger partial charge in [-0.05, 0) is 37.3 Å². The van der Waals surface area contributed by atoms with Crippen molar-refractivity contribution in [2.24, 2.45) is 0 Å². The number of H-pyrrole nitrogens is 1. The molecule has 3 aromatic heterocycles. The second-order valence-electron chi connectivity index (χ2n) is 7.49. The minimum absolute atomic E-state index is 0.0487. The van der Waals surface area contributed by atoms with Gasteiger partial charge in [-0.25, -0.2) is 4.98 Å². The normalized spacial score (nSPS) is 13.2. The van der Waals surface area contributed by atoms with E-state index >= 15 is 0 Å². The van der Waals surface area contributed by atoms with Crippen molar-refractivity contribution in [1.82, 2.24) is 15.0 Å². The number of anilines is 1. The van der Waals surface area contributed by atoms with Crippen LogP contribution in [0.3, 0.4) is 0 Å². The molecule has 0 radical (unpaired) electrons. The molecule has 8 heteroatoms. The monoisotopic (exact) mass is 446 g/mol.